The molecule has 1 atom stereocenters. The van der Waals surface area contributed by atoms with E-state index >= 15 is 0 Å². The molecule has 2 amide bonds. The summed E-state index contributed by atoms with van der Waals surface area (Å²) < 4.78 is 7.02. The predicted octanol–water partition coefficient (Wildman–Crippen LogP) is 0.300. The summed E-state index contributed by atoms with van der Waals surface area (Å²) in [5, 5.41) is 0. The molecule has 0 saturated carbocycles. The van der Waals surface area contributed by atoms with Crippen molar-refractivity contribution in [2.24, 2.45) is 13.0 Å². The number of para-hydroxylation sites is 2. The summed E-state index contributed by atoms with van der Waals surface area (Å²) in [6, 6.07) is 7.69. The van der Waals surface area contributed by atoms with E-state index in [1.807, 2.05) is 35.9 Å². The third-order valence-electron chi connectivity index (χ3n) is 3.82. The average molecular weight is 302 g/mol. The molecule has 7 nitrogen and oxygen atoms in total. The van der Waals surface area contributed by atoms with Gasteiger partial charge in [-0.3, -0.25) is 20.4 Å². The van der Waals surface area contributed by atoms with Gasteiger partial charge < -0.3 is 9.30 Å². The first-order valence-electron chi connectivity index (χ1n) is 7.22. The molecular formula is C15H18N4O3. The lowest BCUT2D eigenvalue weighted by atomic mass is 10.1. The van der Waals surface area contributed by atoms with Gasteiger partial charge in [0.25, 0.3) is 0 Å². The average Bonchev–Trinajstić information content (AvgIpc) is 3.15. The van der Waals surface area contributed by atoms with Crippen LogP contribution in [0.1, 0.15) is 12.2 Å². The summed E-state index contributed by atoms with van der Waals surface area (Å²) in [4.78, 5) is 28.2. The van der Waals surface area contributed by atoms with Gasteiger partial charge in [0.1, 0.15) is 5.82 Å². The fourth-order valence-electron chi connectivity index (χ4n) is 2.52. The Balaban J connectivity index is 1.58. The zero-order valence-corrected chi connectivity index (χ0v) is 12.3. The molecule has 1 aromatic heterocycles. The normalized spacial score (nSPS) is 17.6. The number of imidazole rings is 1. The Morgan fingerprint density at radius 3 is 2.91 bits per heavy atom. The molecule has 2 N–H and O–H groups in total. The minimum absolute atomic E-state index is 0.104. The van der Waals surface area contributed by atoms with E-state index in [0.29, 0.717) is 25.5 Å². The number of hydrazine groups is 1. The van der Waals surface area contributed by atoms with E-state index in [2.05, 4.69) is 15.8 Å². The van der Waals surface area contributed by atoms with Crippen molar-refractivity contribution in [2.45, 2.75) is 12.8 Å². The number of nitrogens with one attached hydrogen (secondary N) is 2. The van der Waals surface area contributed by atoms with E-state index in [-0.39, 0.29) is 24.2 Å². The number of nitrogens with zero attached hydrogens (tertiary/aromatic N) is 2. The molecule has 0 aliphatic carbocycles. The number of rotatable bonds is 3. The molecule has 1 unspecified atom stereocenters. The van der Waals surface area contributed by atoms with Crippen molar-refractivity contribution < 1.29 is 14.3 Å². The van der Waals surface area contributed by atoms with Gasteiger partial charge in [-0.2, -0.15) is 0 Å². The molecule has 0 bridgehead atoms. The summed E-state index contributed by atoms with van der Waals surface area (Å²) in [5.41, 5.74) is 6.69. The highest BCUT2D eigenvalue weighted by Gasteiger charge is 2.23. The molecule has 1 saturated heterocycles. The summed E-state index contributed by atoms with van der Waals surface area (Å²) in [7, 11) is 1.87. The fraction of sp³-hybridized carbons (Fsp3) is 0.400. The molecule has 116 valence electrons. The number of fused-ring (bicyclic) bond motifs is 1. The van der Waals surface area contributed by atoms with Crippen LogP contribution in [-0.2, 0) is 27.8 Å². The van der Waals surface area contributed by atoms with Gasteiger partial charge >= 0.3 is 0 Å². The second-order valence-corrected chi connectivity index (χ2v) is 5.35. The van der Waals surface area contributed by atoms with Gasteiger partial charge in [0.15, 0.2) is 0 Å². The predicted molar refractivity (Wildman–Crippen MR) is 79.6 cm³/mol. The van der Waals surface area contributed by atoms with Crippen molar-refractivity contribution in [1.29, 1.82) is 0 Å². The molecule has 2 heterocycles. The Hall–Kier alpha value is -2.41. The molecule has 1 fully saturated rings. The van der Waals surface area contributed by atoms with Gasteiger partial charge in [0.05, 0.1) is 30.0 Å². The van der Waals surface area contributed by atoms with Crippen molar-refractivity contribution in [3.63, 3.8) is 0 Å². The smallest absolute Gasteiger partial charge is 0.245 e. The quantitative estimate of drug-likeness (QED) is 0.799. The molecule has 2 aromatic rings. The number of aryl methyl sites for hydroxylation is 1. The van der Waals surface area contributed by atoms with Gasteiger partial charge in [-0.05, 0) is 18.6 Å². The third kappa shape index (κ3) is 2.94. The summed E-state index contributed by atoms with van der Waals surface area (Å²) >= 11 is 0. The van der Waals surface area contributed by atoms with Gasteiger partial charge in [-0.1, -0.05) is 12.1 Å². The van der Waals surface area contributed by atoms with E-state index in [1.54, 1.807) is 0 Å². The molecule has 1 aliphatic heterocycles. The Bertz CT molecular complexity index is 704. The Morgan fingerprint density at radius 1 is 1.36 bits per heavy atom. The second-order valence-electron chi connectivity index (χ2n) is 5.35. The zero-order chi connectivity index (χ0) is 15.5. The Kier molecular flexibility index (Phi) is 4.06. The lowest BCUT2D eigenvalue weighted by Crippen LogP contribution is -2.45. The minimum atomic E-state index is -0.300. The SMILES string of the molecule is Cn1c(CC(=O)NNC(=O)C2CCOC2)nc2ccccc21. The maximum atomic E-state index is 12.0. The van der Waals surface area contributed by atoms with Crippen molar-refractivity contribution in [3.05, 3.63) is 30.1 Å². The molecule has 0 spiro atoms. The highest BCUT2D eigenvalue weighted by molar-refractivity contribution is 5.85. The van der Waals surface area contributed by atoms with Crippen LogP contribution in [-0.4, -0.2) is 34.6 Å². The molecule has 3 rings (SSSR count). The first-order chi connectivity index (χ1) is 10.6. The topological polar surface area (TPSA) is 85.2 Å². The fourth-order valence-corrected chi connectivity index (χ4v) is 2.52. The first kappa shape index (κ1) is 14.5. The standard InChI is InChI=1S/C15H18N4O3/c1-19-12-5-3-2-4-11(12)16-13(19)8-14(20)17-18-15(21)10-6-7-22-9-10/h2-5,10H,6-9H2,1H3,(H,17,20)(H,18,21). The number of aromatic nitrogens is 2. The van der Waals surface area contributed by atoms with E-state index in [9.17, 15) is 9.59 Å². The highest BCUT2D eigenvalue weighted by Crippen LogP contribution is 2.14. The van der Waals surface area contributed by atoms with Gasteiger partial charge in [-0.15, -0.1) is 0 Å². The van der Waals surface area contributed by atoms with Crippen LogP contribution in [0.25, 0.3) is 11.0 Å². The maximum absolute atomic E-state index is 12.0. The maximum Gasteiger partial charge on any atom is 0.245 e. The number of carbonyl (C=O) groups excluding carboxylic acids is 2. The van der Waals surface area contributed by atoms with Crippen molar-refractivity contribution >= 4 is 22.8 Å². The molecule has 1 aliphatic rings. The molecule has 0 radical (unpaired) electrons. The van der Waals surface area contributed by atoms with E-state index in [1.165, 1.54) is 0 Å². The third-order valence-corrected chi connectivity index (χ3v) is 3.82. The number of hydrogen-bond donors (Lipinski definition) is 2. The lowest BCUT2D eigenvalue weighted by Gasteiger charge is -2.10. The monoisotopic (exact) mass is 302 g/mol. The molecule has 22 heavy (non-hydrogen) atoms. The largest absolute Gasteiger partial charge is 0.381 e. The summed E-state index contributed by atoms with van der Waals surface area (Å²) in [6.45, 7) is 0.998. The van der Waals surface area contributed by atoms with Gasteiger partial charge in [0, 0.05) is 13.7 Å². The first-order valence-corrected chi connectivity index (χ1v) is 7.22. The zero-order valence-electron chi connectivity index (χ0n) is 12.3. The van der Waals surface area contributed by atoms with Crippen LogP contribution < -0.4 is 10.9 Å². The van der Waals surface area contributed by atoms with Crippen LogP contribution >= 0.6 is 0 Å². The van der Waals surface area contributed by atoms with Crippen LogP contribution in [0.15, 0.2) is 24.3 Å². The van der Waals surface area contributed by atoms with Crippen molar-refractivity contribution in [2.75, 3.05) is 13.2 Å². The number of amides is 2. The van der Waals surface area contributed by atoms with Gasteiger partial charge in [0.2, 0.25) is 11.8 Å². The van der Waals surface area contributed by atoms with E-state index in [0.717, 1.165) is 11.0 Å². The van der Waals surface area contributed by atoms with Gasteiger partial charge in [-0.25, -0.2) is 4.98 Å². The highest BCUT2D eigenvalue weighted by atomic mass is 16.5. The van der Waals surface area contributed by atoms with Crippen LogP contribution in [0.4, 0.5) is 0 Å². The number of hydrogen-bond acceptors (Lipinski definition) is 4. The number of benzene rings is 1. The Morgan fingerprint density at radius 2 is 2.18 bits per heavy atom. The van der Waals surface area contributed by atoms with Crippen LogP contribution in [0.5, 0.6) is 0 Å². The number of carbonyl (C=O) groups is 2. The molecule has 7 heteroatoms. The van der Waals surface area contributed by atoms with E-state index < -0.39 is 0 Å². The number of ether oxygens (including phenoxy) is 1. The summed E-state index contributed by atoms with van der Waals surface area (Å²) in [5.74, 6) is -0.0466. The second kappa shape index (κ2) is 6.15. The molecule has 1 aromatic carbocycles. The summed E-state index contributed by atoms with van der Waals surface area (Å²) in [6.07, 6.45) is 0.791. The minimum Gasteiger partial charge on any atom is -0.381 e. The Labute approximate surface area is 127 Å². The van der Waals surface area contributed by atoms with Crippen molar-refractivity contribution in [3.8, 4) is 0 Å². The van der Waals surface area contributed by atoms with E-state index in [4.69, 9.17) is 4.74 Å². The van der Waals surface area contributed by atoms with Crippen molar-refractivity contribution in [1.82, 2.24) is 20.4 Å². The lowest BCUT2D eigenvalue weighted by molar-refractivity contribution is -0.131. The van der Waals surface area contributed by atoms with Crippen LogP contribution in [0.3, 0.4) is 0 Å². The van der Waals surface area contributed by atoms with Crippen LogP contribution in [0, 0.1) is 5.92 Å². The van der Waals surface area contributed by atoms with Crippen LogP contribution in [0.2, 0.25) is 0 Å². The molecular weight excluding hydrogens is 284 g/mol.